The number of fused-ring (bicyclic) bond motifs is 1. The van der Waals surface area contributed by atoms with Crippen molar-refractivity contribution in [2.24, 2.45) is 0 Å². The van der Waals surface area contributed by atoms with Crippen LogP contribution in [0.3, 0.4) is 0 Å². The number of methoxy groups -OCH3 is 1. The molecule has 0 saturated carbocycles. The molecule has 0 aliphatic carbocycles. The van der Waals surface area contributed by atoms with Crippen LogP contribution >= 0.6 is 0 Å². The van der Waals surface area contributed by atoms with Crippen molar-refractivity contribution >= 4 is 17.5 Å². The van der Waals surface area contributed by atoms with E-state index >= 15 is 0 Å². The first-order valence-electron chi connectivity index (χ1n) is 10.9. The molecule has 2 aromatic heterocycles. The molecule has 0 bridgehead atoms. The van der Waals surface area contributed by atoms with Gasteiger partial charge in [-0.2, -0.15) is 4.98 Å². The molecule has 1 N–H and O–H groups in total. The number of benzene rings is 2. The molecule has 8 nitrogen and oxygen atoms in total. The number of nitrogens with zero attached hydrogens (tertiary/aromatic N) is 5. The lowest BCUT2D eigenvalue weighted by atomic mass is 10.1. The van der Waals surface area contributed by atoms with Gasteiger partial charge in [-0.1, -0.05) is 30.3 Å². The Hall–Kier alpha value is -4.07. The fourth-order valence-corrected chi connectivity index (χ4v) is 4.03. The maximum absolute atomic E-state index is 5.83. The largest absolute Gasteiger partial charge is 0.494 e. The van der Waals surface area contributed by atoms with E-state index in [9.17, 15) is 0 Å². The van der Waals surface area contributed by atoms with E-state index in [0.29, 0.717) is 18.3 Å². The van der Waals surface area contributed by atoms with Crippen LogP contribution in [-0.4, -0.2) is 39.8 Å². The molecule has 5 rings (SSSR count). The van der Waals surface area contributed by atoms with E-state index in [4.69, 9.17) is 14.5 Å². The van der Waals surface area contributed by atoms with Gasteiger partial charge < -0.3 is 24.3 Å². The molecule has 0 amide bonds. The van der Waals surface area contributed by atoms with Crippen LogP contribution in [0.1, 0.15) is 24.2 Å². The molecule has 4 aromatic rings. The number of ether oxygens (including phenoxy) is 2. The molecular formula is C25H26N6O2. The minimum atomic E-state index is 0.162. The average molecular weight is 443 g/mol. The van der Waals surface area contributed by atoms with Gasteiger partial charge in [-0.15, -0.1) is 0 Å². The van der Waals surface area contributed by atoms with E-state index in [1.807, 2.05) is 42.0 Å². The topological polar surface area (TPSA) is 77.3 Å². The molecule has 168 valence electrons. The Bertz CT molecular complexity index is 1260. The zero-order valence-corrected chi connectivity index (χ0v) is 18.9. The van der Waals surface area contributed by atoms with Crippen molar-refractivity contribution in [2.45, 2.75) is 19.9 Å². The molecule has 1 atom stereocenters. The third-order valence-electron chi connectivity index (χ3n) is 5.77. The summed E-state index contributed by atoms with van der Waals surface area (Å²) in [6.45, 7) is 5.50. The fraction of sp³-hybridized carbons (Fsp3) is 0.240. The lowest BCUT2D eigenvalue weighted by Crippen LogP contribution is -2.35. The molecule has 3 heterocycles. The van der Waals surface area contributed by atoms with Crippen LogP contribution < -0.4 is 19.7 Å². The van der Waals surface area contributed by atoms with Crippen LogP contribution in [0.4, 0.5) is 17.5 Å². The minimum absolute atomic E-state index is 0.162. The number of rotatable bonds is 6. The molecule has 33 heavy (non-hydrogen) atoms. The van der Waals surface area contributed by atoms with Gasteiger partial charge in [0.05, 0.1) is 43.6 Å². The summed E-state index contributed by atoms with van der Waals surface area (Å²) in [6, 6.07) is 16.4. The molecule has 8 heteroatoms. The predicted molar refractivity (Wildman–Crippen MR) is 128 cm³/mol. The van der Waals surface area contributed by atoms with Crippen molar-refractivity contribution < 1.29 is 9.47 Å². The van der Waals surface area contributed by atoms with Crippen LogP contribution in [0, 0.1) is 6.92 Å². The van der Waals surface area contributed by atoms with Crippen molar-refractivity contribution in [3.8, 4) is 17.2 Å². The number of imidazole rings is 1. The first kappa shape index (κ1) is 20.8. The third-order valence-corrected chi connectivity index (χ3v) is 5.77. The van der Waals surface area contributed by atoms with E-state index < -0.39 is 0 Å². The Morgan fingerprint density at radius 1 is 1.12 bits per heavy atom. The van der Waals surface area contributed by atoms with E-state index in [2.05, 4.69) is 51.4 Å². The summed E-state index contributed by atoms with van der Waals surface area (Å²) < 4.78 is 13.4. The molecule has 1 aliphatic rings. The summed E-state index contributed by atoms with van der Waals surface area (Å²) >= 11 is 0. The van der Waals surface area contributed by atoms with Crippen LogP contribution in [0.2, 0.25) is 0 Å². The second-order valence-corrected chi connectivity index (χ2v) is 7.94. The van der Waals surface area contributed by atoms with E-state index in [1.54, 1.807) is 19.6 Å². The lowest BCUT2D eigenvalue weighted by molar-refractivity contribution is 0.298. The predicted octanol–water partition coefficient (Wildman–Crippen LogP) is 4.68. The Morgan fingerprint density at radius 3 is 2.73 bits per heavy atom. The summed E-state index contributed by atoms with van der Waals surface area (Å²) in [7, 11) is 1.65. The highest BCUT2D eigenvalue weighted by molar-refractivity contribution is 5.64. The first-order chi connectivity index (χ1) is 16.1. The first-order valence-corrected chi connectivity index (χ1v) is 10.9. The van der Waals surface area contributed by atoms with E-state index in [0.717, 1.165) is 35.2 Å². The van der Waals surface area contributed by atoms with Gasteiger partial charge >= 0.3 is 0 Å². The van der Waals surface area contributed by atoms with Crippen molar-refractivity contribution in [1.29, 1.82) is 0 Å². The lowest BCUT2D eigenvalue weighted by Gasteiger charge is -2.35. The zero-order valence-electron chi connectivity index (χ0n) is 18.9. The summed E-state index contributed by atoms with van der Waals surface area (Å²) in [6.07, 6.45) is 5.46. The summed E-state index contributed by atoms with van der Waals surface area (Å²) in [5.41, 5.74) is 3.91. The number of hydrogen-bond donors (Lipinski definition) is 1. The van der Waals surface area contributed by atoms with E-state index in [1.165, 1.54) is 5.56 Å². The van der Waals surface area contributed by atoms with Gasteiger partial charge in [-0.25, -0.2) is 9.97 Å². The zero-order chi connectivity index (χ0) is 22.8. The second kappa shape index (κ2) is 8.82. The molecule has 1 aliphatic heterocycles. The number of aromatic nitrogens is 4. The van der Waals surface area contributed by atoms with Crippen LogP contribution in [-0.2, 0) is 0 Å². The Kier molecular flexibility index (Phi) is 5.56. The van der Waals surface area contributed by atoms with Crippen molar-refractivity contribution in [2.75, 3.05) is 30.5 Å². The molecule has 2 aromatic carbocycles. The van der Waals surface area contributed by atoms with Gasteiger partial charge in [0.15, 0.2) is 11.6 Å². The number of hydrogen-bond acceptors (Lipinski definition) is 7. The fourth-order valence-electron chi connectivity index (χ4n) is 4.03. The average Bonchev–Trinajstić information content (AvgIpc) is 3.29. The Balaban J connectivity index is 1.42. The van der Waals surface area contributed by atoms with Crippen LogP contribution in [0.15, 0.2) is 67.3 Å². The minimum Gasteiger partial charge on any atom is -0.494 e. The third kappa shape index (κ3) is 4.19. The van der Waals surface area contributed by atoms with Gasteiger partial charge in [0.2, 0.25) is 5.95 Å². The standard InChI is InChI=1S/C25H26N6O2/c1-17-15-30(16-27-17)21-10-9-20(13-22(21)32-3)28-25-26-14-23-24(29-25)31(11-12-33-23)18(2)19-7-5-4-6-8-19/h4-10,13-16,18H,11-12H2,1-3H3,(H,26,28,29). The molecule has 0 spiro atoms. The highest BCUT2D eigenvalue weighted by atomic mass is 16.5. The van der Waals surface area contributed by atoms with E-state index in [-0.39, 0.29) is 6.04 Å². The van der Waals surface area contributed by atoms with Gasteiger partial charge in [-0.05, 0) is 31.5 Å². The quantitative estimate of drug-likeness (QED) is 0.464. The van der Waals surface area contributed by atoms with Crippen LogP contribution in [0.5, 0.6) is 11.5 Å². The van der Waals surface area contributed by atoms with Crippen molar-refractivity contribution in [1.82, 2.24) is 19.5 Å². The molecule has 0 saturated heterocycles. The van der Waals surface area contributed by atoms with Gasteiger partial charge in [0.25, 0.3) is 0 Å². The highest BCUT2D eigenvalue weighted by Gasteiger charge is 2.26. The smallest absolute Gasteiger partial charge is 0.229 e. The van der Waals surface area contributed by atoms with Crippen molar-refractivity contribution in [3.63, 3.8) is 0 Å². The second-order valence-electron chi connectivity index (χ2n) is 7.94. The Labute approximate surface area is 192 Å². The maximum Gasteiger partial charge on any atom is 0.229 e. The van der Waals surface area contributed by atoms with Gasteiger partial charge in [0, 0.05) is 18.0 Å². The monoisotopic (exact) mass is 442 g/mol. The number of anilines is 3. The SMILES string of the molecule is COc1cc(Nc2ncc3c(n2)N(C(C)c2ccccc2)CCO3)ccc1-n1cnc(C)c1. The molecule has 1 unspecified atom stereocenters. The van der Waals surface area contributed by atoms with Crippen molar-refractivity contribution in [3.05, 3.63) is 78.5 Å². The summed E-state index contributed by atoms with van der Waals surface area (Å²) in [5.74, 6) is 2.70. The van der Waals surface area contributed by atoms with Gasteiger partial charge in [-0.3, -0.25) is 0 Å². The molecular weight excluding hydrogens is 416 g/mol. The molecule has 0 fully saturated rings. The summed E-state index contributed by atoms with van der Waals surface area (Å²) in [4.78, 5) is 15.8. The number of nitrogens with one attached hydrogen (secondary N) is 1. The normalized spacial score (nSPS) is 13.7. The van der Waals surface area contributed by atoms with Crippen LogP contribution in [0.25, 0.3) is 5.69 Å². The summed E-state index contributed by atoms with van der Waals surface area (Å²) in [5, 5.41) is 3.30. The Morgan fingerprint density at radius 2 is 1.97 bits per heavy atom. The highest BCUT2D eigenvalue weighted by Crippen LogP contribution is 2.36. The maximum atomic E-state index is 5.83. The molecule has 0 radical (unpaired) electrons. The number of aryl methyl sites for hydroxylation is 1. The van der Waals surface area contributed by atoms with Gasteiger partial charge in [0.1, 0.15) is 12.4 Å².